The summed E-state index contributed by atoms with van der Waals surface area (Å²) < 4.78 is 0. The first-order valence-corrected chi connectivity index (χ1v) is 7.90. The van der Waals surface area contributed by atoms with Crippen LogP contribution in [0.1, 0.15) is 48.9 Å². The number of carbonyl (C=O) groups excluding carboxylic acids is 1. The first-order chi connectivity index (χ1) is 9.66. The highest BCUT2D eigenvalue weighted by atomic mass is 35.5. The Morgan fingerprint density at radius 2 is 1.95 bits per heavy atom. The molecule has 1 saturated carbocycles. The van der Waals surface area contributed by atoms with Gasteiger partial charge in [0, 0.05) is 23.3 Å². The van der Waals surface area contributed by atoms with Crippen molar-refractivity contribution in [1.82, 2.24) is 4.90 Å². The second-order valence-corrected chi connectivity index (χ2v) is 6.42. The number of hydrogen-bond acceptors (Lipinski definition) is 2. The van der Waals surface area contributed by atoms with Crippen molar-refractivity contribution in [3.63, 3.8) is 0 Å². The maximum Gasteiger partial charge on any atom is 0.256 e. The molecule has 1 aromatic rings. The molecule has 0 unspecified atom stereocenters. The van der Waals surface area contributed by atoms with E-state index in [-0.39, 0.29) is 5.91 Å². The van der Waals surface area contributed by atoms with Crippen molar-refractivity contribution >= 4 is 23.2 Å². The molecule has 1 heterocycles. The van der Waals surface area contributed by atoms with Gasteiger partial charge in [0.25, 0.3) is 5.91 Å². The van der Waals surface area contributed by atoms with Crippen LogP contribution >= 0.6 is 11.6 Å². The number of halogens is 1. The van der Waals surface area contributed by atoms with Gasteiger partial charge in [0.1, 0.15) is 0 Å². The van der Waals surface area contributed by atoms with E-state index in [0.717, 1.165) is 19.4 Å². The fraction of sp³-hybridized carbons (Fsp3) is 0.562. The van der Waals surface area contributed by atoms with Crippen LogP contribution in [0.25, 0.3) is 0 Å². The van der Waals surface area contributed by atoms with Gasteiger partial charge >= 0.3 is 0 Å². The van der Waals surface area contributed by atoms with Crippen LogP contribution in [0.15, 0.2) is 18.2 Å². The van der Waals surface area contributed by atoms with Gasteiger partial charge in [0.2, 0.25) is 0 Å². The lowest BCUT2D eigenvalue weighted by atomic mass is 9.78. The molecule has 0 bridgehead atoms. The highest BCUT2D eigenvalue weighted by molar-refractivity contribution is 6.31. The van der Waals surface area contributed by atoms with Gasteiger partial charge in [0.15, 0.2) is 0 Å². The van der Waals surface area contributed by atoms with Crippen LogP contribution in [0, 0.1) is 5.92 Å². The lowest BCUT2D eigenvalue weighted by Gasteiger charge is -2.44. The lowest BCUT2D eigenvalue weighted by molar-refractivity contribution is 0.0391. The van der Waals surface area contributed by atoms with Crippen LogP contribution in [-0.2, 0) is 0 Å². The molecule has 1 amide bonds. The molecule has 2 aliphatic rings. The van der Waals surface area contributed by atoms with E-state index < -0.39 is 0 Å². The molecule has 4 heteroatoms. The van der Waals surface area contributed by atoms with Gasteiger partial charge in [-0.15, -0.1) is 0 Å². The Labute approximate surface area is 125 Å². The van der Waals surface area contributed by atoms with Crippen LogP contribution in [0.5, 0.6) is 0 Å². The van der Waals surface area contributed by atoms with E-state index in [2.05, 4.69) is 4.90 Å². The number of likely N-dealkylation sites (tertiary alicyclic amines) is 1. The predicted molar refractivity (Wildman–Crippen MR) is 81.9 cm³/mol. The molecular formula is C16H21ClN2O. The fourth-order valence-corrected chi connectivity index (χ4v) is 3.92. The van der Waals surface area contributed by atoms with Gasteiger partial charge in [-0.25, -0.2) is 0 Å². The molecule has 0 spiro atoms. The molecule has 108 valence electrons. The Bertz CT molecular complexity index is 515. The molecule has 20 heavy (non-hydrogen) atoms. The minimum absolute atomic E-state index is 0.0570. The molecule has 1 aromatic carbocycles. The van der Waals surface area contributed by atoms with E-state index >= 15 is 0 Å². The van der Waals surface area contributed by atoms with Crippen molar-refractivity contribution in [3.05, 3.63) is 28.8 Å². The highest BCUT2D eigenvalue weighted by Gasteiger charge is 2.36. The summed E-state index contributed by atoms with van der Waals surface area (Å²) in [5, 5.41) is 0.569. The molecule has 2 N–H and O–H groups in total. The number of hydrogen-bond donors (Lipinski definition) is 1. The summed E-state index contributed by atoms with van der Waals surface area (Å²) in [5.41, 5.74) is 7.04. The molecule has 3 nitrogen and oxygen atoms in total. The number of amides is 1. The van der Waals surface area contributed by atoms with Crippen molar-refractivity contribution in [1.29, 1.82) is 0 Å². The average Bonchev–Trinajstić information content (AvgIpc) is 2.48. The maximum absolute atomic E-state index is 12.8. The number of carbonyl (C=O) groups is 1. The third-order valence-electron chi connectivity index (χ3n) is 4.75. The van der Waals surface area contributed by atoms with E-state index in [1.807, 2.05) is 0 Å². The molecule has 2 fully saturated rings. The minimum Gasteiger partial charge on any atom is -0.398 e. The van der Waals surface area contributed by atoms with Gasteiger partial charge in [-0.1, -0.05) is 24.4 Å². The zero-order valence-corrected chi connectivity index (χ0v) is 12.4. The number of rotatable bonds is 1. The van der Waals surface area contributed by atoms with Crippen LogP contribution < -0.4 is 5.73 Å². The number of nitrogens with zero attached hydrogens (tertiary/aromatic N) is 1. The molecular weight excluding hydrogens is 272 g/mol. The van der Waals surface area contributed by atoms with Crippen molar-refractivity contribution < 1.29 is 4.79 Å². The smallest absolute Gasteiger partial charge is 0.256 e. The van der Waals surface area contributed by atoms with Crippen molar-refractivity contribution in [2.45, 2.75) is 44.6 Å². The molecule has 1 aliphatic carbocycles. The molecule has 1 aliphatic heterocycles. The Balaban J connectivity index is 1.87. The standard InChI is InChI=1S/C16H21ClN2O/c17-12-7-8-14(18)13(10-12)16(20)19-9-3-5-11-4-1-2-6-15(11)19/h7-8,10-11,15H,1-6,9,18H2/t11-,15-/m1/s1. The largest absolute Gasteiger partial charge is 0.398 e. The Kier molecular flexibility index (Phi) is 3.88. The van der Waals surface area contributed by atoms with Gasteiger partial charge < -0.3 is 10.6 Å². The van der Waals surface area contributed by atoms with E-state index in [0.29, 0.717) is 28.2 Å². The van der Waals surface area contributed by atoms with Crippen molar-refractivity contribution in [2.75, 3.05) is 12.3 Å². The van der Waals surface area contributed by atoms with Crippen LogP contribution in [0.4, 0.5) is 5.69 Å². The predicted octanol–water partition coefficient (Wildman–Crippen LogP) is 3.72. The van der Waals surface area contributed by atoms with Crippen LogP contribution in [0.2, 0.25) is 5.02 Å². The van der Waals surface area contributed by atoms with Gasteiger partial charge in [-0.3, -0.25) is 4.79 Å². The average molecular weight is 293 g/mol. The Morgan fingerprint density at radius 1 is 1.20 bits per heavy atom. The normalized spacial score (nSPS) is 26.1. The summed E-state index contributed by atoms with van der Waals surface area (Å²) in [4.78, 5) is 14.9. The Hall–Kier alpha value is -1.22. The molecule has 0 radical (unpaired) electrons. The summed E-state index contributed by atoms with van der Waals surface area (Å²) in [6, 6.07) is 5.56. The van der Waals surface area contributed by atoms with Crippen LogP contribution in [0.3, 0.4) is 0 Å². The number of nitrogens with two attached hydrogens (primary N) is 1. The molecule has 3 rings (SSSR count). The Morgan fingerprint density at radius 3 is 2.80 bits per heavy atom. The zero-order chi connectivity index (χ0) is 14.1. The van der Waals surface area contributed by atoms with Gasteiger partial charge in [-0.2, -0.15) is 0 Å². The number of piperidine rings is 1. The van der Waals surface area contributed by atoms with Gasteiger partial charge in [-0.05, 0) is 49.8 Å². The second kappa shape index (κ2) is 5.65. The fourth-order valence-electron chi connectivity index (χ4n) is 3.75. The minimum atomic E-state index is 0.0570. The van der Waals surface area contributed by atoms with Crippen molar-refractivity contribution in [2.24, 2.45) is 5.92 Å². The lowest BCUT2D eigenvalue weighted by Crippen LogP contribution is -2.49. The quantitative estimate of drug-likeness (QED) is 0.802. The third kappa shape index (κ3) is 2.51. The monoisotopic (exact) mass is 292 g/mol. The maximum atomic E-state index is 12.8. The van der Waals surface area contributed by atoms with Crippen LogP contribution in [-0.4, -0.2) is 23.4 Å². The van der Waals surface area contributed by atoms with E-state index in [1.165, 1.54) is 25.7 Å². The van der Waals surface area contributed by atoms with Crippen molar-refractivity contribution in [3.8, 4) is 0 Å². The summed E-state index contributed by atoms with van der Waals surface area (Å²) in [6.07, 6.45) is 7.31. The number of benzene rings is 1. The zero-order valence-electron chi connectivity index (χ0n) is 11.6. The number of anilines is 1. The first kappa shape index (κ1) is 13.7. The summed E-state index contributed by atoms with van der Waals surface area (Å²) in [5.74, 6) is 0.739. The van der Waals surface area contributed by atoms with E-state index in [1.54, 1.807) is 18.2 Å². The second-order valence-electron chi connectivity index (χ2n) is 5.98. The SMILES string of the molecule is Nc1ccc(Cl)cc1C(=O)N1CCC[C@H]2CCCC[C@H]21. The number of fused-ring (bicyclic) bond motifs is 1. The third-order valence-corrected chi connectivity index (χ3v) is 4.98. The molecule has 2 atom stereocenters. The van der Waals surface area contributed by atoms with E-state index in [9.17, 15) is 4.79 Å². The highest BCUT2D eigenvalue weighted by Crippen LogP contribution is 2.36. The number of nitrogen functional groups attached to an aromatic ring is 1. The van der Waals surface area contributed by atoms with E-state index in [4.69, 9.17) is 17.3 Å². The molecule has 1 saturated heterocycles. The van der Waals surface area contributed by atoms with Gasteiger partial charge in [0.05, 0.1) is 5.56 Å². The summed E-state index contributed by atoms with van der Waals surface area (Å²) in [6.45, 7) is 0.853. The topological polar surface area (TPSA) is 46.3 Å². The summed E-state index contributed by atoms with van der Waals surface area (Å²) in [7, 11) is 0. The molecule has 0 aromatic heterocycles. The first-order valence-electron chi connectivity index (χ1n) is 7.53. The summed E-state index contributed by atoms with van der Waals surface area (Å²) >= 11 is 6.01.